The van der Waals surface area contributed by atoms with Gasteiger partial charge in [0.05, 0.1) is 23.1 Å². The Morgan fingerprint density at radius 3 is 1.72 bits per heavy atom. The maximum atomic E-state index is 11.6. The normalized spacial score (nSPS) is 14.8. The summed E-state index contributed by atoms with van der Waals surface area (Å²) in [5.41, 5.74) is 2.08. The van der Waals surface area contributed by atoms with Crippen LogP contribution in [0.2, 0.25) is 0 Å². The van der Waals surface area contributed by atoms with E-state index in [-0.39, 0.29) is 28.5 Å². The molecule has 236 valence electrons. The third-order valence-corrected chi connectivity index (χ3v) is 6.99. The molecule has 15 heteroatoms. The predicted octanol–water partition coefficient (Wildman–Crippen LogP) is 4.41. The topological polar surface area (TPSA) is 161 Å². The van der Waals surface area contributed by atoms with E-state index in [2.05, 4.69) is 26.1 Å². The number of halogens is 1. The zero-order chi connectivity index (χ0) is 31.6. The average molecular weight is 668 g/mol. The molecule has 2 aliphatic rings. The lowest BCUT2D eigenvalue weighted by molar-refractivity contribution is -0.385. The number of nitrogens with zero attached hydrogens (tertiary/aromatic N) is 5. The lowest BCUT2D eigenvalue weighted by Gasteiger charge is -2.33. The van der Waals surface area contributed by atoms with Crippen LogP contribution >= 0.6 is 15.9 Å². The fraction of sp³-hybridized carbons (Fsp3) is 0.500. The van der Waals surface area contributed by atoms with Crippen LogP contribution in [0.5, 0.6) is 0 Å². The van der Waals surface area contributed by atoms with E-state index in [0.29, 0.717) is 38.2 Å². The van der Waals surface area contributed by atoms with Crippen molar-refractivity contribution in [3.63, 3.8) is 0 Å². The van der Waals surface area contributed by atoms with Gasteiger partial charge in [-0.15, -0.1) is 0 Å². The number of nitro benzene ring substituents is 2. The number of benzene rings is 2. The first-order valence-corrected chi connectivity index (χ1v) is 15.1. The van der Waals surface area contributed by atoms with Gasteiger partial charge in [0, 0.05) is 88.5 Å². The highest BCUT2D eigenvalue weighted by Crippen LogP contribution is 2.16. The lowest BCUT2D eigenvalue weighted by Crippen LogP contribution is -2.48. The average Bonchev–Trinajstić information content (AvgIpc) is 3.03. The fourth-order valence-corrected chi connectivity index (χ4v) is 4.49. The Kier molecular flexibility index (Phi) is 15.9. The van der Waals surface area contributed by atoms with E-state index in [1.165, 1.54) is 12.1 Å². The molecule has 14 nitrogen and oxygen atoms in total. The number of hydrogen-bond acceptors (Lipinski definition) is 10. The molecule has 2 aromatic carbocycles. The number of amides is 2. The first kappa shape index (κ1) is 35.4. The van der Waals surface area contributed by atoms with Gasteiger partial charge in [-0.05, 0) is 25.0 Å². The van der Waals surface area contributed by atoms with Crippen molar-refractivity contribution in [3.8, 4) is 0 Å². The van der Waals surface area contributed by atoms with Gasteiger partial charge in [0.1, 0.15) is 0 Å². The zero-order valence-electron chi connectivity index (χ0n) is 24.5. The molecule has 0 unspecified atom stereocenters. The number of rotatable bonds is 7. The van der Waals surface area contributed by atoms with E-state index >= 15 is 0 Å². The highest BCUT2D eigenvalue weighted by atomic mass is 79.9. The summed E-state index contributed by atoms with van der Waals surface area (Å²) in [5, 5.41) is 24.8. The fourth-order valence-electron chi connectivity index (χ4n) is 4.15. The van der Waals surface area contributed by atoms with E-state index in [0.717, 1.165) is 50.4 Å². The highest BCUT2D eigenvalue weighted by molar-refractivity contribution is 9.08. The van der Waals surface area contributed by atoms with E-state index < -0.39 is 4.92 Å². The maximum Gasteiger partial charge on any atom is 0.409 e. The van der Waals surface area contributed by atoms with Gasteiger partial charge in [-0.25, -0.2) is 9.59 Å². The van der Waals surface area contributed by atoms with E-state index in [4.69, 9.17) is 9.47 Å². The summed E-state index contributed by atoms with van der Waals surface area (Å²) in [4.78, 5) is 48.5. The summed E-state index contributed by atoms with van der Waals surface area (Å²) in [6.45, 7) is 11.1. The van der Waals surface area contributed by atoms with Crippen molar-refractivity contribution in [1.29, 1.82) is 0 Å². The summed E-state index contributed by atoms with van der Waals surface area (Å²) in [7, 11) is 0. The van der Waals surface area contributed by atoms with Crippen LogP contribution in [0.3, 0.4) is 0 Å². The molecule has 2 heterocycles. The Morgan fingerprint density at radius 2 is 1.26 bits per heavy atom. The molecular formula is C28H39BrN6O8. The SMILES string of the molecule is CCOC(=O)N1CCN(Cc2cccc([N+](=O)[O-])c2)CC1.CCOC(=O)N1CCNCC1.O=[N+]([O-])c1cccc(CBr)c1. The second kappa shape index (κ2) is 19.4. The van der Waals surface area contributed by atoms with Crippen molar-refractivity contribution in [2.45, 2.75) is 25.7 Å². The summed E-state index contributed by atoms with van der Waals surface area (Å²) in [6, 6.07) is 13.2. The molecule has 0 aliphatic carbocycles. The molecule has 2 amide bonds. The number of alkyl halides is 1. The largest absolute Gasteiger partial charge is 0.450 e. The molecular weight excluding hydrogens is 628 g/mol. The van der Waals surface area contributed by atoms with Crippen LogP contribution in [-0.2, 0) is 21.3 Å². The number of piperazine rings is 2. The number of carbonyl (C=O) groups excluding carboxylic acids is 2. The Labute approximate surface area is 259 Å². The third kappa shape index (κ3) is 12.9. The first-order chi connectivity index (χ1) is 20.7. The van der Waals surface area contributed by atoms with Gasteiger partial charge in [0.2, 0.25) is 0 Å². The number of non-ortho nitro benzene ring substituents is 2. The van der Waals surface area contributed by atoms with Gasteiger partial charge in [0.15, 0.2) is 0 Å². The van der Waals surface area contributed by atoms with Crippen molar-refractivity contribution in [3.05, 3.63) is 79.9 Å². The number of ether oxygens (including phenoxy) is 2. The van der Waals surface area contributed by atoms with Crippen molar-refractivity contribution in [1.82, 2.24) is 20.0 Å². The Bertz CT molecular complexity index is 1190. The number of carbonyl (C=O) groups is 2. The van der Waals surface area contributed by atoms with Gasteiger partial charge in [-0.1, -0.05) is 40.2 Å². The van der Waals surface area contributed by atoms with Crippen molar-refractivity contribution in [2.75, 3.05) is 65.6 Å². The Hall–Kier alpha value is -3.82. The molecule has 1 N–H and O–H groups in total. The summed E-state index contributed by atoms with van der Waals surface area (Å²) < 4.78 is 9.81. The molecule has 43 heavy (non-hydrogen) atoms. The van der Waals surface area contributed by atoms with E-state index in [1.807, 2.05) is 19.1 Å². The van der Waals surface area contributed by atoms with Gasteiger partial charge < -0.3 is 24.6 Å². The van der Waals surface area contributed by atoms with Gasteiger partial charge >= 0.3 is 12.2 Å². The van der Waals surface area contributed by atoms with Crippen molar-refractivity contribution >= 4 is 39.5 Å². The van der Waals surface area contributed by atoms with Crippen molar-refractivity contribution < 1.29 is 28.9 Å². The second-order valence-electron chi connectivity index (χ2n) is 9.39. The molecule has 2 saturated heterocycles. The molecule has 0 radical (unpaired) electrons. The van der Waals surface area contributed by atoms with E-state index in [1.54, 1.807) is 41.0 Å². The number of nitrogens with one attached hydrogen (secondary N) is 1. The van der Waals surface area contributed by atoms with Crippen LogP contribution in [0.1, 0.15) is 25.0 Å². The Morgan fingerprint density at radius 1 is 0.791 bits per heavy atom. The molecule has 0 aromatic heterocycles. The standard InChI is InChI=1S/C14H19N3O4.C7H6BrNO2.C7H14N2O2/c1-2-21-14(18)16-8-6-15(7-9-16)11-12-4-3-5-13(10-12)17(19)20;8-5-6-2-1-3-7(4-6)9(10)11;1-2-11-7(10)9-5-3-8-4-6-9/h3-5,10H,2,6-9,11H2,1H3;1-4H,5H2;8H,2-6H2,1H3. The number of nitro groups is 2. The van der Waals surface area contributed by atoms with Gasteiger partial charge in [-0.2, -0.15) is 0 Å². The summed E-state index contributed by atoms with van der Waals surface area (Å²) in [6.07, 6.45) is -0.457. The lowest BCUT2D eigenvalue weighted by atomic mass is 10.2. The molecule has 2 aromatic rings. The van der Waals surface area contributed by atoms with Gasteiger partial charge in [0.25, 0.3) is 11.4 Å². The van der Waals surface area contributed by atoms with Crippen LogP contribution < -0.4 is 5.32 Å². The van der Waals surface area contributed by atoms with Crippen molar-refractivity contribution in [2.24, 2.45) is 0 Å². The summed E-state index contributed by atoms with van der Waals surface area (Å²) >= 11 is 3.22. The molecule has 0 saturated carbocycles. The predicted molar refractivity (Wildman–Crippen MR) is 164 cm³/mol. The minimum Gasteiger partial charge on any atom is -0.450 e. The number of hydrogen-bond donors (Lipinski definition) is 1. The summed E-state index contributed by atoms with van der Waals surface area (Å²) in [5.74, 6) is 0. The maximum absolute atomic E-state index is 11.6. The first-order valence-electron chi connectivity index (χ1n) is 14.0. The highest BCUT2D eigenvalue weighted by Gasteiger charge is 2.22. The quantitative estimate of drug-likeness (QED) is 0.255. The molecule has 4 rings (SSSR count). The second-order valence-corrected chi connectivity index (χ2v) is 9.95. The molecule has 0 bridgehead atoms. The van der Waals surface area contributed by atoms with Gasteiger partial charge in [-0.3, -0.25) is 25.1 Å². The molecule has 2 fully saturated rings. The molecule has 0 atom stereocenters. The van der Waals surface area contributed by atoms with Crippen LogP contribution in [0.25, 0.3) is 0 Å². The Balaban J connectivity index is 0.000000247. The minimum atomic E-state index is -0.397. The monoisotopic (exact) mass is 666 g/mol. The zero-order valence-corrected chi connectivity index (χ0v) is 26.1. The third-order valence-electron chi connectivity index (χ3n) is 6.34. The van der Waals surface area contributed by atoms with Crippen LogP contribution in [0.15, 0.2) is 48.5 Å². The molecule has 0 spiro atoms. The van der Waals surface area contributed by atoms with Crippen LogP contribution in [-0.4, -0.2) is 102 Å². The molecule has 2 aliphatic heterocycles. The smallest absolute Gasteiger partial charge is 0.409 e. The minimum absolute atomic E-state index is 0.109. The van der Waals surface area contributed by atoms with Crippen LogP contribution in [0, 0.1) is 20.2 Å². The van der Waals surface area contributed by atoms with Crippen LogP contribution in [0.4, 0.5) is 21.0 Å². The van der Waals surface area contributed by atoms with E-state index in [9.17, 15) is 29.8 Å².